The molecule has 2 atom stereocenters. The number of carbonyl (C=O) groups excluding carboxylic acids is 1. The van der Waals surface area contributed by atoms with E-state index in [4.69, 9.17) is 4.74 Å². The Hall–Kier alpha value is -2.38. The minimum absolute atomic E-state index is 0.0547. The van der Waals surface area contributed by atoms with E-state index in [9.17, 15) is 13.2 Å². The molecule has 0 saturated carbocycles. The van der Waals surface area contributed by atoms with Crippen molar-refractivity contribution in [3.05, 3.63) is 60.2 Å². The minimum Gasteiger partial charge on any atom is -0.492 e. The highest BCUT2D eigenvalue weighted by molar-refractivity contribution is 7.91. The van der Waals surface area contributed by atoms with E-state index in [0.717, 1.165) is 5.56 Å². The SMILES string of the molecule is CCOc1ccccc1NC(=O)[C@@H](N[C@H]1CCS(=O)(=O)C1)c1ccccc1. The number of anilines is 1. The maximum absolute atomic E-state index is 13.0. The van der Waals surface area contributed by atoms with Gasteiger partial charge in [-0.15, -0.1) is 0 Å². The molecule has 27 heavy (non-hydrogen) atoms. The molecule has 6 nitrogen and oxygen atoms in total. The van der Waals surface area contributed by atoms with E-state index in [1.54, 1.807) is 12.1 Å². The maximum Gasteiger partial charge on any atom is 0.246 e. The second kappa shape index (κ2) is 8.54. The van der Waals surface area contributed by atoms with Gasteiger partial charge in [0.05, 0.1) is 23.8 Å². The molecule has 0 unspecified atom stereocenters. The zero-order valence-corrected chi connectivity index (χ0v) is 16.0. The van der Waals surface area contributed by atoms with Crippen LogP contribution in [0.25, 0.3) is 0 Å². The lowest BCUT2D eigenvalue weighted by Crippen LogP contribution is -2.40. The van der Waals surface area contributed by atoms with Gasteiger partial charge >= 0.3 is 0 Å². The number of ether oxygens (including phenoxy) is 1. The molecular weight excluding hydrogens is 364 g/mol. The molecule has 1 amide bonds. The summed E-state index contributed by atoms with van der Waals surface area (Å²) in [5, 5.41) is 6.14. The van der Waals surface area contributed by atoms with Gasteiger partial charge in [0.2, 0.25) is 5.91 Å². The quantitative estimate of drug-likeness (QED) is 0.761. The van der Waals surface area contributed by atoms with E-state index in [1.807, 2.05) is 49.4 Å². The minimum atomic E-state index is -3.04. The topological polar surface area (TPSA) is 84.5 Å². The fourth-order valence-electron chi connectivity index (χ4n) is 3.19. The summed E-state index contributed by atoms with van der Waals surface area (Å²) in [6.45, 7) is 2.38. The molecule has 3 rings (SSSR count). The van der Waals surface area contributed by atoms with Crippen molar-refractivity contribution in [2.45, 2.75) is 25.4 Å². The Labute approximate surface area is 159 Å². The summed E-state index contributed by atoms with van der Waals surface area (Å²) in [6.07, 6.45) is 0.508. The zero-order valence-electron chi connectivity index (χ0n) is 15.2. The van der Waals surface area contributed by atoms with Crippen LogP contribution in [0.1, 0.15) is 24.9 Å². The average molecular weight is 388 g/mol. The van der Waals surface area contributed by atoms with Gasteiger partial charge in [-0.1, -0.05) is 42.5 Å². The van der Waals surface area contributed by atoms with Crippen LogP contribution >= 0.6 is 0 Å². The van der Waals surface area contributed by atoms with Crippen molar-refractivity contribution in [1.29, 1.82) is 0 Å². The fourth-order valence-corrected chi connectivity index (χ4v) is 4.87. The van der Waals surface area contributed by atoms with Crippen LogP contribution in [0.2, 0.25) is 0 Å². The number of carbonyl (C=O) groups is 1. The summed E-state index contributed by atoms with van der Waals surface area (Å²) in [7, 11) is -3.04. The second-order valence-corrected chi connectivity index (χ2v) is 8.76. The molecule has 1 heterocycles. The molecular formula is C20H24N2O4S. The molecule has 0 radical (unpaired) electrons. The Morgan fingerprint density at radius 3 is 2.52 bits per heavy atom. The van der Waals surface area contributed by atoms with E-state index in [0.29, 0.717) is 24.5 Å². The van der Waals surface area contributed by atoms with Gasteiger partial charge in [0, 0.05) is 6.04 Å². The van der Waals surface area contributed by atoms with E-state index < -0.39 is 15.9 Å². The molecule has 1 aliphatic rings. The maximum atomic E-state index is 13.0. The third-order valence-corrected chi connectivity index (χ3v) is 6.24. The molecule has 7 heteroatoms. The van der Waals surface area contributed by atoms with Crippen molar-refractivity contribution >= 4 is 21.4 Å². The van der Waals surface area contributed by atoms with Crippen LogP contribution in [0.5, 0.6) is 5.75 Å². The van der Waals surface area contributed by atoms with E-state index in [1.165, 1.54) is 0 Å². The summed E-state index contributed by atoms with van der Waals surface area (Å²) in [5.74, 6) is 0.557. The smallest absolute Gasteiger partial charge is 0.246 e. The van der Waals surface area contributed by atoms with Crippen molar-refractivity contribution in [2.24, 2.45) is 0 Å². The van der Waals surface area contributed by atoms with Crippen LogP contribution in [0, 0.1) is 0 Å². The lowest BCUT2D eigenvalue weighted by molar-refractivity contribution is -0.118. The predicted molar refractivity (Wildman–Crippen MR) is 106 cm³/mol. The highest BCUT2D eigenvalue weighted by atomic mass is 32.2. The number of benzene rings is 2. The van der Waals surface area contributed by atoms with Gasteiger partial charge in [-0.05, 0) is 31.0 Å². The van der Waals surface area contributed by atoms with Crippen LogP contribution < -0.4 is 15.4 Å². The van der Waals surface area contributed by atoms with Crippen molar-refractivity contribution in [1.82, 2.24) is 5.32 Å². The largest absolute Gasteiger partial charge is 0.492 e. The highest BCUT2D eigenvalue weighted by Gasteiger charge is 2.32. The number of nitrogens with one attached hydrogen (secondary N) is 2. The third-order valence-electron chi connectivity index (χ3n) is 4.47. The van der Waals surface area contributed by atoms with Gasteiger partial charge in [-0.25, -0.2) is 8.42 Å². The number of amides is 1. The summed E-state index contributed by atoms with van der Waals surface area (Å²) < 4.78 is 29.1. The number of rotatable bonds is 7. The molecule has 0 spiro atoms. The Morgan fingerprint density at radius 2 is 1.85 bits per heavy atom. The van der Waals surface area contributed by atoms with Crippen molar-refractivity contribution in [3.8, 4) is 5.75 Å². The number of sulfone groups is 1. The Bertz CT molecular complexity index is 884. The normalized spacial score (nSPS) is 19.4. The first kappa shape index (κ1) is 19.4. The van der Waals surface area contributed by atoms with Crippen LogP contribution in [-0.2, 0) is 14.6 Å². The van der Waals surface area contributed by atoms with Crippen LogP contribution in [-0.4, -0.2) is 38.5 Å². The molecule has 2 aromatic carbocycles. The summed E-state index contributed by atoms with van der Waals surface area (Å²) in [4.78, 5) is 13.0. The zero-order chi connectivity index (χ0) is 19.3. The number of hydrogen-bond donors (Lipinski definition) is 2. The van der Waals surface area contributed by atoms with Gasteiger partial charge < -0.3 is 10.1 Å². The highest BCUT2D eigenvalue weighted by Crippen LogP contribution is 2.26. The van der Waals surface area contributed by atoms with Crippen LogP contribution in [0.15, 0.2) is 54.6 Å². The lowest BCUT2D eigenvalue weighted by atomic mass is 10.0. The Kier molecular flexibility index (Phi) is 6.13. The van der Waals surface area contributed by atoms with Gasteiger partial charge in [0.1, 0.15) is 11.8 Å². The molecule has 1 saturated heterocycles. The summed E-state index contributed by atoms with van der Waals surface area (Å²) in [6, 6.07) is 15.7. The third kappa shape index (κ3) is 5.08. The molecule has 2 aromatic rings. The first-order valence-corrected chi connectivity index (χ1v) is 10.8. The molecule has 1 fully saturated rings. The molecule has 2 N–H and O–H groups in total. The van der Waals surface area contributed by atoms with E-state index >= 15 is 0 Å². The Morgan fingerprint density at radius 1 is 1.15 bits per heavy atom. The number of hydrogen-bond acceptors (Lipinski definition) is 5. The van der Waals surface area contributed by atoms with Crippen molar-refractivity contribution in [3.63, 3.8) is 0 Å². The fraction of sp³-hybridized carbons (Fsp3) is 0.350. The Balaban J connectivity index is 1.81. The van der Waals surface area contributed by atoms with Gasteiger partial charge in [0.25, 0.3) is 0 Å². The first-order valence-electron chi connectivity index (χ1n) is 9.02. The summed E-state index contributed by atoms with van der Waals surface area (Å²) >= 11 is 0. The molecule has 0 aliphatic carbocycles. The van der Waals surface area contributed by atoms with Crippen molar-refractivity contribution in [2.75, 3.05) is 23.4 Å². The van der Waals surface area contributed by atoms with Crippen LogP contribution in [0.3, 0.4) is 0 Å². The predicted octanol–water partition coefficient (Wildman–Crippen LogP) is 2.54. The average Bonchev–Trinajstić information content (AvgIpc) is 3.01. The molecule has 0 bridgehead atoms. The molecule has 0 aromatic heterocycles. The summed E-state index contributed by atoms with van der Waals surface area (Å²) in [5.41, 5.74) is 1.37. The van der Waals surface area contributed by atoms with Gasteiger partial charge in [0.15, 0.2) is 9.84 Å². The van der Waals surface area contributed by atoms with Crippen LogP contribution in [0.4, 0.5) is 5.69 Å². The monoisotopic (exact) mass is 388 g/mol. The lowest BCUT2D eigenvalue weighted by Gasteiger charge is -2.23. The molecule has 144 valence electrons. The van der Waals surface area contributed by atoms with Crippen molar-refractivity contribution < 1.29 is 17.9 Å². The van der Waals surface area contributed by atoms with E-state index in [-0.39, 0.29) is 23.5 Å². The van der Waals surface area contributed by atoms with Gasteiger partial charge in [-0.2, -0.15) is 0 Å². The molecule has 1 aliphatic heterocycles. The van der Waals surface area contributed by atoms with E-state index in [2.05, 4.69) is 10.6 Å². The van der Waals surface area contributed by atoms with Gasteiger partial charge in [-0.3, -0.25) is 10.1 Å². The second-order valence-electron chi connectivity index (χ2n) is 6.53. The standard InChI is InChI=1S/C20H24N2O4S/c1-2-26-18-11-7-6-10-17(18)22-20(23)19(15-8-4-3-5-9-15)21-16-12-13-27(24,25)14-16/h3-11,16,19,21H,2,12-14H2,1H3,(H,22,23)/t16-,19-/m0/s1. The number of para-hydroxylation sites is 2. The first-order chi connectivity index (χ1) is 13.0.